The third kappa shape index (κ3) is 6.21. The Kier molecular flexibility index (Phi) is 8.89. The van der Waals surface area contributed by atoms with Crippen LogP contribution in [0.3, 0.4) is 0 Å². The fraction of sp³-hybridized carbons (Fsp3) is 0.280. The van der Waals surface area contributed by atoms with E-state index in [1.807, 2.05) is 47.5 Å². The highest BCUT2D eigenvalue weighted by Crippen LogP contribution is 2.38. The Balaban J connectivity index is 1.56. The van der Waals surface area contributed by atoms with E-state index in [2.05, 4.69) is 16.1 Å². The number of phenols is 3. The lowest BCUT2D eigenvalue weighted by molar-refractivity contribution is 0.281. The lowest BCUT2D eigenvalue weighted by Gasteiger charge is -2.42. The molecular weight excluding hydrogens is 404 g/mol. The fourth-order valence-corrected chi connectivity index (χ4v) is 3.65. The molecule has 3 aromatic carbocycles. The molecule has 0 atom stereocenters. The minimum Gasteiger partial charge on any atom is -0.596 e. The highest BCUT2D eigenvalue weighted by atomic mass is 16.3. The Bertz CT molecular complexity index is 937. The van der Waals surface area contributed by atoms with Gasteiger partial charge in [-0.2, -0.15) is 7.05 Å². The molecule has 0 aromatic heterocycles. The highest BCUT2D eigenvalue weighted by molar-refractivity contribution is 5.45. The summed E-state index contributed by atoms with van der Waals surface area (Å²) in [6, 6.07) is 21.1. The van der Waals surface area contributed by atoms with Crippen LogP contribution in [0, 0.1) is 0 Å². The van der Waals surface area contributed by atoms with E-state index < -0.39 is 6.04 Å². The first kappa shape index (κ1) is 23.6. The number of para-hydroxylation sites is 3. The average molecular weight is 436 g/mol. The molecule has 0 spiro atoms. The minimum absolute atomic E-state index is 0.163. The van der Waals surface area contributed by atoms with Gasteiger partial charge in [0.15, 0.2) is 0 Å². The number of nitrogens with zero attached hydrogens (tertiary/aromatic N) is 2. The summed E-state index contributed by atoms with van der Waals surface area (Å²) in [4.78, 5) is 0. The van der Waals surface area contributed by atoms with E-state index in [0.29, 0.717) is 36.5 Å². The van der Waals surface area contributed by atoms with Gasteiger partial charge in [-0.3, -0.25) is 0 Å². The van der Waals surface area contributed by atoms with E-state index in [1.54, 1.807) is 37.4 Å². The Morgan fingerprint density at radius 2 is 1.25 bits per heavy atom. The zero-order valence-electron chi connectivity index (χ0n) is 18.3. The maximum Gasteiger partial charge on any atom is 0.120 e. The van der Waals surface area contributed by atoms with Gasteiger partial charge in [-0.25, -0.2) is 0 Å². The van der Waals surface area contributed by atoms with Crippen LogP contribution in [-0.2, 0) is 6.54 Å². The van der Waals surface area contributed by atoms with Gasteiger partial charge >= 0.3 is 0 Å². The van der Waals surface area contributed by atoms with Gasteiger partial charge in [0, 0.05) is 42.9 Å². The van der Waals surface area contributed by atoms with E-state index in [0.717, 1.165) is 18.7 Å². The predicted molar refractivity (Wildman–Crippen MR) is 127 cm³/mol. The van der Waals surface area contributed by atoms with Crippen molar-refractivity contribution >= 4 is 0 Å². The molecule has 170 valence electrons. The van der Waals surface area contributed by atoms with Crippen LogP contribution in [0.15, 0.2) is 72.8 Å². The van der Waals surface area contributed by atoms with Gasteiger partial charge in [-0.1, -0.05) is 54.6 Å². The summed E-state index contributed by atoms with van der Waals surface area (Å²) in [5.74, 6) is 0.624. The smallest absolute Gasteiger partial charge is 0.120 e. The number of phenolic OH excluding ortho intramolecular Hbond substituents is 3. The van der Waals surface area contributed by atoms with Crippen LogP contribution in [0.25, 0.3) is 5.43 Å². The van der Waals surface area contributed by atoms with E-state index in [1.165, 1.54) is 0 Å². The molecule has 0 unspecified atom stereocenters. The van der Waals surface area contributed by atoms with Gasteiger partial charge in [-0.15, -0.1) is 0 Å². The molecule has 0 amide bonds. The summed E-state index contributed by atoms with van der Waals surface area (Å²) in [6.45, 7) is 3.37. The zero-order chi connectivity index (χ0) is 22.8. The molecule has 3 rings (SSSR count). The Hall–Kier alpha value is -3.10. The van der Waals surface area contributed by atoms with Crippen molar-refractivity contribution in [3.63, 3.8) is 0 Å². The maximum absolute atomic E-state index is 10.5. The number of nitrogens with one attached hydrogen (secondary N) is 2. The van der Waals surface area contributed by atoms with E-state index >= 15 is 0 Å². The monoisotopic (exact) mass is 435 g/mol. The van der Waals surface area contributed by atoms with Crippen LogP contribution in [0.5, 0.6) is 17.2 Å². The lowest BCUT2D eigenvalue weighted by atomic mass is 9.96. The molecule has 0 heterocycles. The molecule has 0 radical (unpaired) electrons. The normalized spacial score (nSPS) is 11.3. The molecule has 5 N–H and O–H groups in total. The summed E-state index contributed by atoms with van der Waals surface area (Å²) in [6.07, 6.45) is 0. The molecule has 0 saturated heterocycles. The second-order valence-corrected chi connectivity index (χ2v) is 7.44. The summed E-state index contributed by atoms with van der Waals surface area (Å²) in [7, 11) is 1.71. The lowest BCUT2D eigenvalue weighted by Crippen LogP contribution is -2.35. The van der Waals surface area contributed by atoms with Gasteiger partial charge in [0.2, 0.25) is 0 Å². The predicted octanol–water partition coefficient (Wildman–Crippen LogP) is 3.49. The SMILES string of the molecule is C[N-]N(CCNCCNCc1ccccc1O)C(c1ccccc1O)c1ccccc1O. The summed E-state index contributed by atoms with van der Waals surface area (Å²) < 4.78 is 0. The molecule has 7 nitrogen and oxygen atoms in total. The van der Waals surface area contributed by atoms with E-state index in [9.17, 15) is 15.3 Å². The maximum atomic E-state index is 10.5. The second kappa shape index (κ2) is 12.1. The van der Waals surface area contributed by atoms with Gasteiger partial charge in [0.1, 0.15) is 17.2 Å². The molecule has 32 heavy (non-hydrogen) atoms. The molecule has 0 fully saturated rings. The molecule has 0 aliphatic carbocycles. The van der Waals surface area contributed by atoms with Crippen LogP contribution in [-0.4, -0.2) is 53.6 Å². The number of hydrogen-bond donors (Lipinski definition) is 5. The standard InChI is InChI=1S/C25H31N4O3/c1-26-29(17-16-27-14-15-28-18-19-8-2-5-11-22(19)30)25(20-9-3-6-12-23(20)31)21-10-4-7-13-24(21)32/h2-13,25,27-28,30-32H,14-18H2,1H3/q-1. The first-order chi connectivity index (χ1) is 15.6. The van der Waals surface area contributed by atoms with Crippen molar-refractivity contribution in [2.75, 3.05) is 33.2 Å². The third-order valence-electron chi connectivity index (χ3n) is 5.32. The average Bonchev–Trinajstić information content (AvgIpc) is 2.80. The molecule has 0 aliphatic rings. The second-order valence-electron chi connectivity index (χ2n) is 7.44. The van der Waals surface area contributed by atoms with Gasteiger partial charge < -0.3 is 36.4 Å². The molecule has 0 bridgehead atoms. The number of aromatic hydroxyl groups is 3. The first-order valence-corrected chi connectivity index (χ1v) is 10.7. The van der Waals surface area contributed by atoms with Crippen LogP contribution in [0.1, 0.15) is 22.7 Å². The Morgan fingerprint density at radius 3 is 1.81 bits per heavy atom. The Labute approximate surface area is 189 Å². The van der Waals surface area contributed by atoms with E-state index in [-0.39, 0.29) is 11.5 Å². The van der Waals surface area contributed by atoms with Crippen LogP contribution in [0.2, 0.25) is 0 Å². The number of hydrogen-bond acceptors (Lipinski definition) is 6. The molecule has 7 heteroatoms. The van der Waals surface area contributed by atoms with Crippen LogP contribution >= 0.6 is 0 Å². The van der Waals surface area contributed by atoms with Crippen molar-refractivity contribution < 1.29 is 15.3 Å². The van der Waals surface area contributed by atoms with Crippen molar-refractivity contribution in [3.05, 3.63) is 94.9 Å². The topological polar surface area (TPSA) is 102 Å². The number of rotatable bonds is 12. The number of benzene rings is 3. The molecule has 3 aromatic rings. The summed E-state index contributed by atoms with van der Waals surface area (Å²) >= 11 is 0. The molecule has 0 aliphatic heterocycles. The van der Waals surface area contributed by atoms with Crippen molar-refractivity contribution in [3.8, 4) is 17.2 Å². The molecular formula is C25H31N4O3-. The van der Waals surface area contributed by atoms with Crippen LogP contribution < -0.4 is 10.6 Å². The summed E-state index contributed by atoms with van der Waals surface area (Å²) in [5.41, 5.74) is 6.67. The van der Waals surface area contributed by atoms with Gasteiger partial charge in [0.25, 0.3) is 0 Å². The van der Waals surface area contributed by atoms with Crippen molar-refractivity contribution in [2.45, 2.75) is 12.6 Å². The van der Waals surface area contributed by atoms with Crippen molar-refractivity contribution in [1.82, 2.24) is 15.6 Å². The molecule has 0 saturated carbocycles. The van der Waals surface area contributed by atoms with Gasteiger partial charge in [0.05, 0.1) is 6.04 Å². The minimum atomic E-state index is -0.414. The van der Waals surface area contributed by atoms with E-state index in [4.69, 9.17) is 0 Å². The largest absolute Gasteiger partial charge is 0.596 e. The van der Waals surface area contributed by atoms with Gasteiger partial charge in [-0.05, 0) is 24.7 Å². The highest BCUT2D eigenvalue weighted by Gasteiger charge is 2.22. The Morgan fingerprint density at radius 1 is 0.719 bits per heavy atom. The zero-order valence-corrected chi connectivity index (χ0v) is 18.3. The van der Waals surface area contributed by atoms with Crippen LogP contribution in [0.4, 0.5) is 0 Å². The fourth-order valence-electron chi connectivity index (χ4n) is 3.65. The first-order valence-electron chi connectivity index (χ1n) is 10.7. The summed E-state index contributed by atoms with van der Waals surface area (Å²) in [5, 5.41) is 39.3. The third-order valence-corrected chi connectivity index (χ3v) is 5.32. The van der Waals surface area contributed by atoms with Crippen molar-refractivity contribution in [2.24, 2.45) is 0 Å². The quantitative estimate of drug-likeness (QED) is 0.220. The van der Waals surface area contributed by atoms with Crippen molar-refractivity contribution in [1.29, 1.82) is 0 Å².